The lowest BCUT2D eigenvalue weighted by molar-refractivity contribution is 0.877. The van der Waals surface area contributed by atoms with Crippen molar-refractivity contribution >= 4 is 21.6 Å². The van der Waals surface area contributed by atoms with Crippen molar-refractivity contribution in [2.24, 2.45) is 0 Å². The van der Waals surface area contributed by atoms with Crippen LogP contribution >= 0.6 is 15.9 Å². The van der Waals surface area contributed by atoms with E-state index in [2.05, 4.69) is 71.5 Å². The lowest BCUT2D eigenvalue weighted by atomic mass is 10.0. The fraction of sp³-hybridized carbons (Fsp3) is 0.333. The number of hydrogen-bond acceptors (Lipinski definition) is 1. The van der Waals surface area contributed by atoms with E-state index in [1.165, 1.54) is 36.1 Å². The first-order valence-electron chi connectivity index (χ1n) is 7.28. The minimum Gasteiger partial charge on any atom is -0.378 e. The number of fused-ring (bicyclic) bond motifs is 1. The van der Waals surface area contributed by atoms with Gasteiger partial charge in [0, 0.05) is 16.2 Å². The molecule has 0 amide bonds. The second-order valence-corrected chi connectivity index (χ2v) is 6.62. The molecule has 0 aromatic heterocycles. The summed E-state index contributed by atoms with van der Waals surface area (Å²) in [5, 5.41) is 3.63. The molecular formula is C18H20BrN. The molecule has 20 heavy (non-hydrogen) atoms. The quantitative estimate of drug-likeness (QED) is 0.792. The van der Waals surface area contributed by atoms with Gasteiger partial charge in [0.25, 0.3) is 0 Å². The van der Waals surface area contributed by atoms with Gasteiger partial charge in [-0.05, 0) is 67.5 Å². The smallest absolute Gasteiger partial charge is 0.0485 e. The molecule has 0 heterocycles. The molecule has 1 atom stereocenters. The maximum atomic E-state index is 3.63. The standard InChI is InChI=1S/C18H20BrN/c1-12-6-9-17(19)11-18(12)20-13(2)15-8-7-14-4-3-5-16(14)10-15/h6-11,13,20H,3-5H2,1-2H3. The first-order chi connectivity index (χ1) is 9.63. The zero-order valence-electron chi connectivity index (χ0n) is 12.0. The molecule has 104 valence electrons. The molecule has 0 fully saturated rings. The zero-order chi connectivity index (χ0) is 14.1. The van der Waals surface area contributed by atoms with Crippen molar-refractivity contribution in [3.63, 3.8) is 0 Å². The van der Waals surface area contributed by atoms with E-state index < -0.39 is 0 Å². The van der Waals surface area contributed by atoms with Gasteiger partial charge in [0.1, 0.15) is 0 Å². The van der Waals surface area contributed by atoms with Gasteiger partial charge in [-0.2, -0.15) is 0 Å². The van der Waals surface area contributed by atoms with Crippen LogP contribution in [0.15, 0.2) is 40.9 Å². The Morgan fingerprint density at radius 2 is 1.85 bits per heavy atom. The summed E-state index contributed by atoms with van der Waals surface area (Å²) in [5.41, 5.74) is 6.94. The minimum absolute atomic E-state index is 0.328. The highest BCUT2D eigenvalue weighted by molar-refractivity contribution is 9.10. The van der Waals surface area contributed by atoms with E-state index in [4.69, 9.17) is 0 Å². The molecule has 0 bridgehead atoms. The van der Waals surface area contributed by atoms with Crippen LogP contribution in [0.4, 0.5) is 5.69 Å². The molecule has 1 unspecified atom stereocenters. The van der Waals surface area contributed by atoms with E-state index in [0.29, 0.717) is 6.04 Å². The largest absolute Gasteiger partial charge is 0.378 e. The highest BCUT2D eigenvalue weighted by atomic mass is 79.9. The molecule has 1 nitrogen and oxygen atoms in total. The summed E-state index contributed by atoms with van der Waals surface area (Å²) in [6.45, 7) is 4.38. The van der Waals surface area contributed by atoms with Gasteiger partial charge in [-0.1, -0.05) is 40.2 Å². The molecule has 2 heteroatoms. The van der Waals surface area contributed by atoms with Crippen LogP contribution < -0.4 is 5.32 Å². The van der Waals surface area contributed by atoms with E-state index in [9.17, 15) is 0 Å². The normalized spacial score (nSPS) is 14.9. The van der Waals surface area contributed by atoms with Crippen LogP contribution in [0.2, 0.25) is 0 Å². The van der Waals surface area contributed by atoms with Crippen LogP contribution in [-0.2, 0) is 12.8 Å². The van der Waals surface area contributed by atoms with Crippen molar-refractivity contribution in [3.05, 3.63) is 63.1 Å². The predicted molar refractivity (Wildman–Crippen MR) is 89.4 cm³/mol. The fourth-order valence-corrected chi connectivity index (χ4v) is 3.29. The van der Waals surface area contributed by atoms with Crippen LogP contribution in [-0.4, -0.2) is 0 Å². The molecule has 0 saturated heterocycles. The van der Waals surface area contributed by atoms with Crippen LogP contribution in [0.25, 0.3) is 0 Å². The van der Waals surface area contributed by atoms with Crippen molar-refractivity contribution in [1.82, 2.24) is 0 Å². The molecule has 1 N–H and O–H groups in total. The average Bonchev–Trinajstić information content (AvgIpc) is 2.90. The SMILES string of the molecule is Cc1ccc(Br)cc1NC(C)c1ccc2c(c1)CCC2. The lowest BCUT2D eigenvalue weighted by Gasteiger charge is -2.18. The Kier molecular flexibility index (Phi) is 3.84. The van der Waals surface area contributed by atoms with Crippen LogP contribution in [0.1, 0.15) is 41.6 Å². The van der Waals surface area contributed by atoms with Crippen molar-refractivity contribution in [2.45, 2.75) is 39.2 Å². The molecular weight excluding hydrogens is 310 g/mol. The Hall–Kier alpha value is -1.28. The number of benzene rings is 2. The summed E-state index contributed by atoms with van der Waals surface area (Å²) in [6, 6.07) is 13.7. The molecule has 0 radical (unpaired) electrons. The van der Waals surface area contributed by atoms with E-state index in [0.717, 1.165) is 4.47 Å². The van der Waals surface area contributed by atoms with Crippen LogP contribution in [0, 0.1) is 6.92 Å². The van der Waals surface area contributed by atoms with Crippen molar-refractivity contribution in [2.75, 3.05) is 5.32 Å². The second kappa shape index (κ2) is 5.61. The van der Waals surface area contributed by atoms with Gasteiger partial charge in [0.15, 0.2) is 0 Å². The number of rotatable bonds is 3. The van der Waals surface area contributed by atoms with Crippen LogP contribution in [0.5, 0.6) is 0 Å². The summed E-state index contributed by atoms with van der Waals surface area (Å²) in [4.78, 5) is 0. The zero-order valence-corrected chi connectivity index (χ0v) is 13.6. The first-order valence-corrected chi connectivity index (χ1v) is 8.07. The maximum absolute atomic E-state index is 3.63. The van der Waals surface area contributed by atoms with E-state index in [1.807, 2.05) is 0 Å². The molecule has 3 rings (SSSR count). The fourth-order valence-electron chi connectivity index (χ4n) is 2.93. The molecule has 1 aliphatic carbocycles. The Morgan fingerprint density at radius 3 is 2.70 bits per heavy atom. The van der Waals surface area contributed by atoms with Gasteiger partial charge in [0.05, 0.1) is 0 Å². The van der Waals surface area contributed by atoms with Crippen molar-refractivity contribution < 1.29 is 0 Å². The molecule has 1 aliphatic rings. The third kappa shape index (κ3) is 2.76. The Balaban J connectivity index is 1.82. The predicted octanol–water partition coefficient (Wildman–Crippen LogP) is 5.42. The highest BCUT2D eigenvalue weighted by Crippen LogP contribution is 2.28. The maximum Gasteiger partial charge on any atom is 0.0485 e. The third-order valence-electron chi connectivity index (χ3n) is 4.19. The summed E-state index contributed by atoms with van der Waals surface area (Å²) in [6.07, 6.45) is 3.80. The van der Waals surface area contributed by atoms with E-state index in [-0.39, 0.29) is 0 Å². The summed E-state index contributed by atoms with van der Waals surface area (Å²) < 4.78 is 1.12. The average molecular weight is 330 g/mol. The minimum atomic E-state index is 0.328. The molecule has 2 aromatic carbocycles. The van der Waals surface area contributed by atoms with Crippen LogP contribution in [0.3, 0.4) is 0 Å². The van der Waals surface area contributed by atoms with Crippen molar-refractivity contribution in [3.8, 4) is 0 Å². The molecule has 0 saturated carbocycles. The number of hydrogen-bond donors (Lipinski definition) is 1. The number of halogens is 1. The molecule has 0 aliphatic heterocycles. The Bertz CT molecular complexity index is 633. The van der Waals surface area contributed by atoms with Crippen molar-refractivity contribution in [1.29, 1.82) is 0 Å². The summed E-state index contributed by atoms with van der Waals surface area (Å²) in [5.74, 6) is 0. The monoisotopic (exact) mass is 329 g/mol. The summed E-state index contributed by atoms with van der Waals surface area (Å²) in [7, 11) is 0. The Morgan fingerprint density at radius 1 is 1.05 bits per heavy atom. The van der Waals surface area contributed by atoms with E-state index in [1.54, 1.807) is 11.1 Å². The number of anilines is 1. The van der Waals surface area contributed by atoms with Gasteiger partial charge in [-0.3, -0.25) is 0 Å². The second-order valence-electron chi connectivity index (χ2n) is 5.71. The third-order valence-corrected chi connectivity index (χ3v) is 4.69. The van der Waals surface area contributed by atoms with Gasteiger partial charge in [-0.15, -0.1) is 0 Å². The number of nitrogens with one attached hydrogen (secondary N) is 1. The van der Waals surface area contributed by atoms with Gasteiger partial charge in [-0.25, -0.2) is 0 Å². The lowest BCUT2D eigenvalue weighted by Crippen LogP contribution is -2.08. The molecule has 0 spiro atoms. The highest BCUT2D eigenvalue weighted by Gasteiger charge is 2.14. The molecule has 2 aromatic rings. The van der Waals surface area contributed by atoms with Gasteiger partial charge in [0.2, 0.25) is 0 Å². The number of aryl methyl sites for hydroxylation is 3. The first kappa shape index (κ1) is 13.7. The van der Waals surface area contributed by atoms with E-state index >= 15 is 0 Å². The Labute approximate surface area is 129 Å². The topological polar surface area (TPSA) is 12.0 Å². The van der Waals surface area contributed by atoms with Gasteiger partial charge >= 0.3 is 0 Å². The van der Waals surface area contributed by atoms with Gasteiger partial charge < -0.3 is 5.32 Å². The summed E-state index contributed by atoms with van der Waals surface area (Å²) >= 11 is 3.54.